The highest BCUT2D eigenvalue weighted by Crippen LogP contribution is 1.92. The Kier molecular flexibility index (Phi) is 4.76. The molecule has 0 fully saturated rings. The van der Waals surface area contributed by atoms with E-state index in [0.717, 1.165) is 0 Å². The largest absolute Gasteiger partial charge is 0.450 e. The molecule has 0 unspecified atom stereocenters. The van der Waals surface area contributed by atoms with Gasteiger partial charge in [0.2, 0.25) is 0 Å². The molecule has 58 valence electrons. The van der Waals surface area contributed by atoms with Crippen LogP contribution in [0.5, 0.6) is 0 Å². The van der Waals surface area contributed by atoms with Gasteiger partial charge in [-0.15, -0.1) is 0 Å². The fourth-order valence-electron chi connectivity index (χ4n) is 0.350. The predicted molar refractivity (Wildman–Crippen MR) is 40.0 cm³/mol. The van der Waals surface area contributed by atoms with Crippen molar-refractivity contribution in [2.45, 2.75) is 6.92 Å². The molecule has 0 atom stereocenters. The van der Waals surface area contributed by atoms with Gasteiger partial charge in [-0.25, -0.2) is 4.79 Å². The van der Waals surface area contributed by atoms with Crippen LogP contribution in [-0.4, -0.2) is 19.2 Å². The fourth-order valence-corrected chi connectivity index (χ4v) is 0.417. The Morgan fingerprint density at radius 2 is 2.40 bits per heavy atom. The average Bonchev–Trinajstić information content (AvgIpc) is 1.85. The summed E-state index contributed by atoms with van der Waals surface area (Å²) >= 11 is 5.36. The quantitative estimate of drug-likeness (QED) is 0.685. The molecule has 0 bridgehead atoms. The summed E-state index contributed by atoms with van der Waals surface area (Å²) in [5, 5.41) is 2.77. The summed E-state index contributed by atoms with van der Waals surface area (Å²) in [6.07, 6.45) is -0.468. The lowest BCUT2D eigenvalue weighted by atomic mass is 10.6. The molecular formula is C6H10ClNO2. The number of nitrogens with one attached hydrogen (secondary N) is 1. The Bertz CT molecular complexity index is 136. The second-order valence-corrected chi connectivity index (χ2v) is 2.13. The van der Waals surface area contributed by atoms with E-state index >= 15 is 0 Å². The van der Waals surface area contributed by atoms with Gasteiger partial charge in [0.15, 0.2) is 0 Å². The number of hydrogen-bond donors (Lipinski definition) is 1. The highest BCUT2D eigenvalue weighted by Gasteiger charge is 1.97. The number of ether oxygens (including phenoxy) is 1. The van der Waals surface area contributed by atoms with Crippen LogP contribution in [0.3, 0.4) is 0 Å². The zero-order chi connectivity index (χ0) is 7.98. The molecule has 0 radical (unpaired) electrons. The molecule has 0 aromatic carbocycles. The summed E-state index contributed by atoms with van der Waals surface area (Å²) in [6.45, 7) is 5.73. The average molecular weight is 164 g/mol. The normalized spacial score (nSPS) is 8.60. The fraction of sp³-hybridized carbons (Fsp3) is 0.500. The molecule has 0 heterocycles. The van der Waals surface area contributed by atoms with Crippen molar-refractivity contribution in [3.05, 3.63) is 11.6 Å². The van der Waals surface area contributed by atoms with E-state index in [1.807, 2.05) is 0 Å². The molecule has 0 aromatic heterocycles. The van der Waals surface area contributed by atoms with Gasteiger partial charge in [0, 0.05) is 5.03 Å². The molecule has 0 rings (SSSR count). The first-order valence-electron chi connectivity index (χ1n) is 2.90. The maximum absolute atomic E-state index is 10.5. The van der Waals surface area contributed by atoms with Crippen LogP contribution < -0.4 is 5.32 Å². The molecule has 0 aliphatic rings. The highest BCUT2D eigenvalue weighted by atomic mass is 35.5. The van der Waals surface area contributed by atoms with Crippen LogP contribution in [0.25, 0.3) is 0 Å². The van der Waals surface area contributed by atoms with Crippen molar-refractivity contribution in [2.75, 3.05) is 13.2 Å². The third-order valence-electron chi connectivity index (χ3n) is 0.700. The Labute approximate surface area is 65.0 Å². The molecule has 1 amide bonds. The number of carbonyl (C=O) groups excluding carboxylic acids is 1. The number of rotatable bonds is 3. The molecule has 0 saturated carbocycles. The molecular weight excluding hydrogens is 154 g/mol. The molecule has 0 aliphatic heterocycles. The Morgan fingerprint density at radius 3 is 2.80 bits per heavy atom. The van der Waals surface area contributed by atoms with E-state index in [9.17, 15) is 4.79 Å². The second-order valence-electron chi connectivity index (χ2n) is 1.59. The third kappa shape index (κ3) is 5.44. The highest BCUT2D eigenvalue weighted by molar-refractivity contribution is 6.29. The van der Waals surface area contributed by atoms with Crippen LogP contribution in [0.15, 0.2) is 11.6 Å². The number of amides is 1. The predicted octanol–water partition coefficient (Wildman–Crippen LogP) is 1.49. The van der Waals surface area contributed by atoms with Crippen molar-refractivity contribution in [3.8, 4) is 0 Å². The van der Waals surface area contributed by atoms with Crippen molar-refractivity contribution in [1.82, 2.24) is 5.32 Å². The van der Waals surface area contributed by atoms with Crippen molar-refractivity contribution < 1.29 is 9.53 Å². The van der Waals surface area contributed by atoms with Crippen molar-refractivity contribution in [1.29, 1.82) is 0 Å². The Morgan fingerprint density at radius 1 is 1.80 bits per heavy atom. The van der Waals surface area contributed by atoms with E-state index < -0.39 is 6.09 Å². The van der Waals surface area contributed by atoms with Crippen molar-refractivity contribution in [3.63, 3.8) is 0 Å². The van der Waals surface area contributed by atoms with Gasteiger partial charge in [-0.2, -0.15) is 0 Å². The van der Waals surface area contributed by atoms with Crippen LogP contribution in [0.1, 0.15) is 6.92 Å². The van der Waals surface area contributed by atoms with Gasteiger partial charge < -0.3 is 10.1 Å². The van der Waals surface area contributed by atoms with Crippen LogP contribution in [0, 0.1) is 0 Å². The zero-order valence-corrected chi connectivity index (χ0v) is 6.57. The SMILES string of the molecule is C=C(Cl)CNC(=O)OCC. The van der Waals surface area contributed by atoms with Gasteiger partial charge in [-0.3, -0.25) is 0 Å². The first-order valence-corrected chi connectivity index (χ1v) is 3.28. The molecule has 4 heteroatoms. The lowest BCUT2D eigenvalue weighted by Gasteiger charge is -2.02. The minimum atomic E-state index is -0.468. The van der Waals surface area contributed by atoms with Gasteiger partial charge in [0.05, 0.1) is 13.2 Å². The summed E-state index contributed by atoms with van der Waals surface area (Å²) in [7, 11) is 0. The van der Waals surface area contributed by atoms with Gasteiger partial charge in [-0.05, 0) is 6.92 Å². The second kappa shape index (κ2) is 5.11. The third-order valence-corrected chi connectivity index (χ3v) is 0.834. The topological polar surface area (TPSA) is 38.3 Å². The number of carbonyl (C=O) groups is 1. The molecule has 1 N–H and O–H groups in total. The van der Waals surface area contributed by atoms with Crippen molar-refractivity contribution >= 4 is 17.7 Å². The molecule has 0 aliphatic carbocycles. The van der Waals surface area contributed by atoms with Crippen LogP contribution in [0.2, 0.25) is 0 Å². The van der Waals surface area contributed by atoms with Crippen LogP contribution >= 0.6 is 11.6 Å². The van der Waals surface area contributed by atoms with E-state index in [2.05, 4.69) is 16.6 Å². The van der Waals surface area contributed by atoms with Crippen molar-refractivity contribution in [2.24, 2.45) is 0 Å². The smallest absolute Gasteiger partial charge is 0.407 e. The number of halogens is 1. The summed E-state index contributed by atoms with van der Waals surface area (Å²) in [4.78, 5) is 10.5. The van der Waals surface area contributed by atoms with Gasteiger partial charge in [0.1, 0.15) is 0 Å². The lowest BCUT2D eigenvalue weighted by molar-refractivity contribution is 0.153. The summed E-state index contributed by atoms with van der Waals surface area (Å²) in [5.41, 5.74) is 0. The molecule has 0 spiro atoms. The number of alkyl carbamates (subject to hydrolysis) is 1. The van der Waals surface area contributed by atoms with E-state index in [-0.39, 0.29) is 6.54 Å². The Hall–Kier alpha value is -0.700. The molecule has 10 heavy (non-hydrogen) atoms. The number of hydrogen-bond acceptors (Lipinski definition) is 2. The van der Waals surface area contributed by atoms with Gasteiger partial charge in [-0.1, -0.05) is 18.2 Å². The maximum atomic E-state index is 10.5. The van der Waals surface area contributed by atoms with E-state index in [4.69, 9.17) is 11.6 Å². The standard InChI is InChI=1S/C6H10ClNO2/c1-3-10-6(9)8-4-5(2)7/h2-4H2,1H3,(H,8,9). The Balaban J connectivity index is 3.30. The lowest BCUT2D eigenvalue weighted by Crippen LogP contribution is -2.25. The van der Waals surface area contributed by atoms with E-state index in [1.165, 1.54) is 0 Å². The maximum Gasteiger partial charge on any atom is 0.407 e. The zero-order valence-electron chi connectivity index (χ0n) is 5.82. The van der Waals surface area contributed by atoms with Crippen LogP contribution in [0.4, 0.5) is 4.79 Å². The van der Waals surface area contributed by atoms with E-state index in [0.29, 0.717) is 11.6 Å². The first-order chi connectivity index (χ1) is 4.66. The minimum absolute atomic E-state index is 0.250. The first kappa shape index (κ1) is 9.30. The molecule has 0 aromatic rings. The minimum Gasteiger partial charge on any atom is -0.450 e. The summed E-state index contributed by atoms with van der Waals surface area (Å²) in [5.74, 6) is 0. The van der Waals surface area contributed by atoms with Gasteiger partial charge >= 0.3 is 6.09 Å². The van der Waals surface area contributed by atoms with E-state index in [1.54, 1.807) is 6.92 Å². The summed E-state index contributed by atoms with van der Waals surface area (Å²) < 4.78 is 4.54. The van der Waals surface area contributed by atoms with Gasteiger partial charge in [0.25, 0.3) is 0 Å². The molecule has 0 saturated heterocycles. The van der Waals surface area contributed by atoms with Crippen LogP contribution in [-0.2, 0) is 4.74 Å². The summed E-state index contributed by atoms with van der Waals surface area (Å²) in [6, 6.07) is 0. The monoisotopic (exact) mass is 163 g/mol. The molecule has 3 nitrogen and oxygen atoms in total.